The van der Waals surface area contributed by atoms with Gasteiger partial charge in [0, 0.05) is 18.1 Å². The maximum atomic E-state index is 13.5. The van der Waals surface area contributed by atoms with Crippen molar-refractivity contribution in [1.82, 2.24) is 9.62 Å². The van der Waals surface area contributed by atoms with Crippen LogP contribution < -0.4 is 5.32 Å². The molecule has 0 unspecified atom stereocenters. The second-order valence-corrected chi connectivity index (χ2v) is 10.3. The van der Waals surface area contributed by atoms with Gasteiger partial charge in [-0.2, -0.15) is 4.31 Å². The number of benzene rings is 3. The molecule has 0 spiro atoms. The molecule has 0 radical (unpaired) electrons. The van der Waals surface area contributed by atoms with Crippen LogP contribution in [0.2, 0.25) is 5.02 Å². The van der Waals surface area contributed by atoms with Gasteiger partial charge in [-0.25, -0.2) is 8.42 Å². The molecule has 1 aliphatic heterocycles. The first-order valence-electron chi connectivity index (χ1n) is 10.6. The topological polar surface area (TPSA) is 66.5 Å². The van der Waals surface area contributed by atoms with Crippen LogP contribution in [0.4, 0.5) is 0 Å². The number of carbonyl (C=O) groups excluding carboxylic acids is 1. The summed E-state index contributed by atoms with van der Waals surface area (Å²) in [6, 6.07) is 25.0. The van der Waals surface area contributed by atoms with Gasteiger partial charge in [0.15, 0.2) is 0 Å². The quantitative estimate of drug-likeness (QED) is 0.565. The van der Waals surface area contributed by atoms with Crippen LogP contribution in [0.25, 0.3) is 0 Å². The molecule has 32 heavy (non-hydrogen) atoms. The fraction of sp³-hybridized carbons (Fsp3) is 0.240. The predicted octanol–water partition coefficient (Wildman–Crippen LogP) is 4.80. The van der Waals surface area contributed by atoms with Gasteiger partial charge in [0.1, 0.15) is 0 Å². The SMILES string of the molecule is O=C(NCc1cccc(Cl)c1)[C@@H]1CC[C@H](c2ccccc2)N(S(=O)(=O)c2ccccc2)C1. The van der Waals surface area contributed by atoms with E-state index in [1.165, 1.54) is 4.31 Å². The van der Waals surface area contributed by atoms with E-state index in [1.807, 2.05) is 42.5 Å². The van der Waals surface area contributed by atoms with Crippen LogP contribution in [-0.2, 0) is 21.4 Å². The summed E-state index contributed by atoms with van der Waals surface area (Å²) in [5, 5.41) is 3.55. The highest BCUT2D eigenvalue weighted by atomic mass is 35.5. The highest BCUT2D eigenvalue weighted by Gasteiger charge is 2.39. The summed E-state index contributed by atoms with van der Waals surface area (Å²) in [5.74, 6) is -0.572. The van der Waals surface area contributed by atoms with Gasteiger partial charge in [0.25, 0.3) is 0 Å². The summed E-state index contributed by atoms with van der Waals surface area (Å²) in [4.78, 5) is 13.2. The highest BCUT2D eigenvalue weighted by molar-refractivity contribution is 7.89. The summed E-state index contributed by atoms with van der Waals surface area (Å²) in [6.45, 7) is 0.488. The zero-order valence-corrected chi connectivity index (χ0v) is 19.1. The lowest BCUT2D eigenvalue weighted by Gasteiger charge is -2.38. The van der Waals surface area contributed by atoms with Crippen molar-refractivity contribution in [3.63, 3.8) is 0 Å². The average Bonchev–Trinajstić information content (AvgIpc) is 2.83. The van der Waals surface area contributed by atoms with Gasteiger partial charge in [-0.3, -0.25) is 4.79 Å². The van der Waals surface area contributed by atoms with E-state index in [1.54, 1.807) is 42.5 Å². The predicted molar refractivity (Wildman–Crippen MR) is 126 cm³/mol. The number of sulfonamides is 1. The lowest BCUT2D eigenvalue weighted by atomic mass is 9.90. The number of nitrogens with one attached hydrogen (secondary N) is 1. The van der Waals surface area contributed by atoms with Crippen molar-refractivity contribution >= 4 is 27.5 Å². The minimum atomic E-state index is -3.76. The standard InChI is InChI=1S/C25H25ClN2O3S/c26-22-11-7-8-19(16-22)17-27-25(29)21-14-15-24(20-9-3-1-4-10-20)28(18-21)32(30,31)23-12-5-2-6-13-23/h1-13,16,21,24H,14-15,17-18H2,(H,27,29)/t21-,24-/m1/s1. The van der Waals surface area contributed by atoms with E-state index in [9.17, 15) is 13.2 Å². The Hall–Kier alpha value is -2.67. The first-order valence-corrected chi connectivity index (χ1v) is 12.4. The lowest BCUT2D eigenvalue weighted by molar-refractivity contribution is -0.126. The van der Waals surface area contributed by atoms with Crippen molar-refractivity contribution in [2.24, 2.45) is 5.92 Å². The fourth-order valence-corrected chi connectivity index (χ4v) is 6.06. The molecule has 3 aromatic rings. The Balaban J connectivity index is 1.56. The van der Waals surface area contributed by atoms with Crippen LogP contribution in [0.1, 0.15) is 30.0 Å². The Kier molecular flexibility index (Phi) is 6.94. The van der Waals surface area contributed by atoms with Gasteiger partial charge >= 0.3 is 0 Å². The average molecular weight is 469 g/mol. The molecule has 7 heteroatoms. The normalized spacial score (nSPS) is 19.4. The van der Waals surface area contributed by atoms with Gasteiger partial charge in [0.2, 0.25) is 15.9 Å². The number of halogens is 1. The fourth-order valence-electron chi connectivity index (χ4n) is 4.13. The van der Waals surface area contributed by atoms with Gasteiger partial charge in [-0.15, -0.1) is 0 Å². The molecule has 0 aromatic heterocycles. The second-order valence-electron chi connectivity index (χ2n) is 7.94. The number of amides is 1. The maximum absolute atomic E-state index is 13.5. The zero-order valence-electron chi connectivity index (χ0n) is 17.5. The van der Waals surface area contributed by atoms with Crippen molar-refractivity contribution in [3.8, 4) is 0 Å². The van der Waals surface area contributed by atoms with Crippen molar-refractivity contribution in [3.05, 3.63) is 101 Å². The van der Waals surface area contributed by atoms with E-state index in [0.717, 1.165) is 11.1 Å². The van der Waals surface area contributed by atoms with Gasteiger partial charge in [0.05, 0.1) is 16.9 Å². The second kappa shape index (κ2) is 9.86. The molecule has 1 fully saturated rings. The zero-order chi connectivity index (χ0) is 22.6. The summed E-state index contributed by atoms with van der Waals surface area (Å²) in [7, 11) is -3.76. The van der Waals surface area contributed by atoms with Crippen molar-refractivity contribution in [1.29, 1.82) is 0 Å². The van der Waals surface area contributed by atoms with Crippen molar-refractivity contribution in [2.45, 2.75) is 30.3 Å². The van der Waals surface area contributed by atoms with E-state index >= 15 is 0 Å². The third-order valence-electron chi connectivity index (χ3n) is 5.80. The smallest absolute Gasteiger partial charge is 0.243 e. The van der Waals surface area contributed by atoms with E-state index < -0.39 is 15.9 Å². The maximum Gasteiger partial charge on any atom is 0.243 e. The number of hydrogen-bond acceptors (Lipinski definition) is 3. The molecule has 0 bridgehead atoms. The molecule has 1 saturated heterocycles. The highest BCUT2D eigenvalue weighted by Crippen LogP contribution is 2.37. The van der Waals surface area contributed by atoms with Crippen molar-refractivity contribution < 1.29 is 13.2 Å². The number of nitrogens with zero attached hydrogens (tertiary/aromatic N) is 1. The Bertz CT molecular complexity index is 1170. The molecule has 3 aromatic carbocycles. The summed E-state index contributed by atoms with van der Waals surface area (Å²) in [6.07, 6.45) is 1.19. The van der Waals surface area contributed by atoms with E-state index in [4.69, 9.17) is 11.6 Å². The monoisotopic (exact) mass is 468 g/mol. The molecule has 1 aliphatic rings. The number of carbonyl (C=O) groups is 1. The lowest BCUT2D eigenvalue weighted by Crippen LogP contribution is -2.46. The molecule has 5 nitrogen and oxygen atoms in total. The first kappa shape index (κ1) is 22.5. The molecule has 2 atom stereocenters. The molecule has 1 amide bonds. The van der Waals surface area contributed by atoms with E-state index in [2.05, 4.69) is 5.32 Å². The molecule has 0 aliphatic carbocycles. The molecule has 166 valence electrons. The minimum absolute atomic E-state index is 0.137. The summed E-state index contributed by atoms with van der Waals surface area (Å²) < 4.78 is 28.6. The van der Waals surface area contributed by atoms with E-state index in [0.29, 0.717) is 24.4 Å². The van der Waals surface area contributed by atoms with Gasteiger partial charge < -0.3 is 5.32 Å². The number of hydrogen-bond donors (Lipinski definition) is 1. The molecule has 1 N–H and O–H groups in total. The van der Waals surface area contributed by atoms with Crippen LogP contribution in [0, 0.1) is 5.92 Å². The largest absolute Gasteiger partial charge is 0.352 e. The van der Waals surface area contributed by atoms with Gasteiger partial charge in [-0.05, 0) is 48.2 Å². The Morgan fingerprint density at radius 1 is 0.938 bits per heavy atom. The third-order valence-corrected chi connectivity index (χ3v) is 7.92. The molecule has 1 heterocycles. The minimum Gasteiger partial charge on any atom is -0.352 e. The van der Waals surface area contributed by atoms with Gasteiger partial charge in [-0.1, -0.05) is 72.3 Å². The summed E-state index contributed by atoms with van der Waals surface area (Å²) >= 11 is 6.02. The van der Waals surface area contributed by atoms with Crippen LogP contribution in [0.5, 0.6) is 0 Å². The van der Waals surface area contributed by atoms with Crippen LogP contribution in [0.15, 0.2) is 89.8 Å². The first-order chi connectivity index (χ1) is 15.4. The Morgan fingerprint density at radius 2 is 1.62 bits per heavy atom. The Labute approximate surface area is 194 Å². The number of rotatable bonds is 6. The van der Waals surface area contributed by atoms with Crippen LogP contribution in [0.3, 0.4) is 0 Å². The third kappa shape index (κ3) is 5.04. The molecular formula is C25H25ClN2O3S. The number of piperidine rings is 1. The molecule has 0 saturated carbocycles. The van der Waals surface area contributed by atoms with Crippen LogP contribution in [-0.4, -0.2) is 25.2 Å². The van der Waals surface area contributed by atoms with Crippen molar-refractivity contribution in [2.75, 3.05) is 6.54 Å². The Morgan fingerprint density at radius 3 is 2.31 bits per heavy atom. The van der Waals surface area contributed by atoms with E-state index in [-0.39, 0.29) is 23.4 Å². The molecule has 4 rings (SSSR count). The summed E-state index contributed by atoms with van der Waals surface area (Å²) in [5.41, 5.74) is 1.84. The molecular weight excluding hydrogens is 444 g/mol. The van der Waals surface area contributed by atoms with Crippen LogP contribution >= 0.6 is 11.6 Å².